The number of anilines is 1. The number of aliphatic hydroxyl groups is 1. The maximum atomic E-state index is 12.0. The minimum atomic E-state index is -1.47. The third-order valence-corrected chi connectivity index (χ3v) is 4.14. The van der Waals surface area contributed by atoms with Crippen LogP contribution in [0, 0.1) is 0 Å². The molecule has 7 heteroatoms. The highest BCUT2D eigenvalue weighted by Gasteiger charge is 2.56. The van der Waals surface area contributed by atoms with Gasteiger partial charge in [-0.2, -0.15) is 0 Å². The summed E-state index contributed by atoms with van der Waals surface area (Å²) >= 11 is 0. The quantitative estimate of drug-likeness (QED) is 0.865. The summed E-state index contributed by atoms with van der Waals surface area (Å²) in [6.45, 7) is 4.81. The fourth-order valence-corrected chi connectivity index (χ4v) is 2.32. The van der Waals surface area contributed by atoms with Gasteiger partial charge in [0.2, 0.25) is 5.91 Å². The summed E-state index contributed by atoms with van der Waals surface area (Å²) < 4.78 is 10.2. The molecule has 126 valence electrons. The van der Waals surface area contributed by atoms with Gasteiger partial charge in [0.1, 0.15) is 5.75 Å². The zero-order chi connectivity index (χ0) is 17.3. The van der Waals surface area contributed by atoms with Crippen molar-refractivity contribution in [2.24, 2.45) is 0 Å². The lowest BCUT2D eigenvalue weighted by Crippen LogP contribution is -2.54. The normalized spacial score (nSPS) is 22.7. The first kappa shape index (κ1) is 17.1. The molecule has 1 fully saturated rings. The number of cyclic esters (lactones) is 1. The third-order valence-electron chi connectivity index (χ3n) is 4.14. The van der Waals surface area contributed by atoms with Crippen LogP contribution >= 0.6 is 0 Å². The number of hydrogen-bond donors (Lipinski definition) is 2. The maximum absolute atomic E-state index is 12.0. The van der Waals surface area contributed by atoms with Gasteiger partial charge in [0.25, 0.3) is 0 Å². The minimum Gasteiger partial charge on any atom is -0.497 e. The van der Waals surface area contributed by atoms with Crippen molar-refractivity contribution >= 4 is 17.7 Å². The van der Waals surface area contributed by atoms with E-state index in [1.807, 2.05) is 0 Å². The second kappa shape index (κ2) is 6.08. The summed E-state index contributed by atoms with van der Waals surface area (Å²) in [5, 5.41) is 13.2. The maximum Gasteiger partial charge on any atom is 0.412 e. The molecule has 0 aliphatic carbocycles. The molecule has 0 radical (unpaired) electrons. The van der Waals surface area contributed by atoms with E-state index in [1.54, 1.807) is 45.2 Å². The summed E-state index contributed by atoms with van der Waals surface area (Å²) in [7, 11) is 1.55. The van der Waals surface area contributed by atoms with E-state index in [0.29, 0.717) is 11.4 Å². The Hall–Kier alpha value is -2.28. The van der Waals surface area contributed by atoms with Gasteiger partial charge < -0.3 is 19.9 Å². The lowest BCUT2D eigenvalue weighted by molar-refractivity contribution is -0.130. The van der Waals surface area contributed by atoms with E-state index in [2.05, 4.69) is 5.32 Å². The molecule has 2 rings (SSSR count). The Morgan fingerprint density at radius 2 is 2.09 bits per heavy atom. The summed E-state index contributed by atoms with van der Waals surface area (Å²) in [6.07, 6.45) is -0.590. The predicted molar refractivity (Wildman–Crippen MR) is 84.1 cm³/mol. The fourth-order valence-electron chi connectivity index (χ4n) is 2.32. The van der Waals surface area contributed by atoms with E-state index < -0.39 is 17.4 Å². The van der Waals surface area contributed by atoms with Gasteiger partial charge in [0.05, 0.1) is 7.11 Å². The van der Waals surface area contributed by atoms with Gasteiger partial charge in [-0.15, -0.1) is 0 Å². The molecule has 0 saturated carbocycles. The van der Waals surface area contributed by atoms with Crippen LogP contribution in [0.25, 0.3) is 0 Å². The van der Waals surface area contributed by atoms with Gasteiger partial charge in [-0.25, -0.2) is 4.79 Å². The van der Waals surface area contributed by atoms with Gasteiger partial charge in [-0.1, -0.05) is 6.07 Å². The van der Waals surface area contributed by atoms with Crippen molar-refractivity contribution in [2.75, 3.05) is 19.0 Å². The smallest absolute Gasteiger partial charge is 0.412 e. The lowest BCUT2D eigenvalue weighted by Gasteiger charge is -2.34. The molecule has 1 aromatic carbocycles. The van der Waals surface area contributed by atoms with Crippen LogP contribution in [-0.2, 0) is 9.53 Å². The van der Waals surface area contributed by atoms with Crippen LogP contribution in [0.2, 0.25) is 0 Å². The number of rotatable bonds is 5. The summed E-state index contributed by atoms with van der Waals surface area (Å²) in [5.74, 6) is 0.363. The number of benzene rings is 1. The van der Waals surface area contributed by atoms with Crippen LogP contribution in [0.15, 0.2) is 24.3 Å². The number of amides is 2. The minimum absolute atomic E-state index is 0.0402. The first-order valence-electron chi connectivity index (χ1n) is 7.34. The van der Waals surface area contributed by atoms with Crippen LogP contribution in [-0.4, -0.2) is 47.0 Å². The summed E-state index contributed by atoms with van der Waals surface area (Å²) in [5.41, 5.74) is -1.90. The lowest BCUT2D eigenvalue weighted by atomic mass is 9.96. The zero-order valence-corrected chi connectivity index (χ0v) is 13.8. The molecule has 0 bridgehead atoms. The van der Waals surface area contributed by atoms with Gasteiger partial charge >= 0.3 is 6.09 Å². The Labute approximate surface area is 135 Å². The molecule has 1 heterocycles. The highest BCUT2D eigenvalue weighted by molar-refractivity contribution is 5.91. The number of methoxy groups -OCH3 is 1. The summed E-state index contributed by atoms with van der Waals surface area (Å²) in [4.78, 5) is 25.1. The number of hydrogen-bond acceptors (Lipinski definition) is 5. The van der Waals surface area contributed by atoms with Crippen LogP contribution < -0.4 is 10.1 Å². The first-order chi connectivity index (χ1) is 10.7. The molecule has 0 aromatic heterocycles. The molecule has 1 aliphatic rings. The molecular formula is C16H22N2O5. The molecule has 1 atom stereocenters. The largest absolute Gasteiger partial charge is 0.497 e. The molecule has 1 unspecified atom stereocenters. The number of carbonyl (C=O) groups excluding carboxylic acids is 2. The van der Waals surface area contributed by atoms with E-state index in [0.717, 1.165) is 4.90 Å². The average molecular weight is 322 g/mol. The second-order valence-corrected chi connectivity index (χ2v) is 6.08. The monoisotopic (exact) mass is 322 g/mol. The van der Waals surface area contributed by atoms with Crippen molar-refractivity contribution in [3.05, 3.63) is 24.3 Å². The zero-order valence-electron chi connectivity index (χ0n) is 13.8. The van der Waals surface area contributed by atoms with Crippen molar-refractivity contribution < 1.29 is 24.2 Å². The number of carbonyl (C=O) groups is 2. The highest BCUT2D eigenvalue weighted by Crippen LogP contribution is 2.36. The Bertz CT molecular complexity index is 612. The van der Waals surface area contributed by atoms with E-state index in [4.69, 9.17) is 9.47 Å². The summed E-state index contributed by atoms with van der Waals surface area (Å²) in [6, 6.07) is 6.97. The number of nitrogens with zero attached hydrogens (tertiary/aromatic N) is 1. The third kappa shape index (κ3) is 3.39. The van der Waals surface area contributed by atoms with Gasteiger partial charge in [-0.05, 0) is 32.9 Å². The molecule has 1 aliphatic heterocycles. The first-order valence-corrected chi connectivity index (χ1v) is 7.34. The molecule has 0 spiro atoms. The molecule has 1 aromatic rings. The van der Waals surface area contributed by atoms with E-state index in [9.17, 15) is 14.7 Å². The van der Waals surface area contributed by atoms with Crippen molar-refractivity contribution in [1.29, 1.82) is 0 Å². The van der Waals surface area contributed by atoms with E-state index >= 15 is 0 Å². The number of ether oxygens (including phenoxy) is 2. The second-order valence-electron chi connectivity index (χ2n) is 6.08. The van der Waals surface area contributed by atoms with Crippen LogP contribution in [0.4, 0.5) is 10.5 Å². The van der Waals surface area contributed by atoms with E-state index in [1.165, 1.54) is 6.92 Å². The molecule has 2 N–H and O–H groups in total. The molecule has 2 amide bonds. The SMILES string of the molecule is COc1cccc(NC(=O)CCN2C(=O)OC(C)(C)C2(C)O)c1. The Morgan fingerprint density at radius 3 is 2.65 bits per heavy atom. The Morgan fingerprint density at radius 1 is 1.39 bits per heavy atom. The van der Waals surface area contributed by atoms with Crippen molar-refractivity contribution in [2.45, 2.75) is 38.5 Å². The Balaban J connectivity index is 1.95. The van der Waals surface area contributed by atoms with Crippen LogP contribution in [0.1, 0.15) is 27.2 Å². The van der Waals surface area contributed by atoms with E-state index in [-0.39, 0.29) is 18.9 Å². The standard InChI is InChI=1S/C16H22N2O5/c1-15(2)16(3,21)18(14(20)23-15)9-8-13(19)17-11-6-5-7-12(10-11)22-4/h5-7,10,21H,8-9H2,1-4H3,(H,17,19). The highest BCUT2D eigenvalue weighted by atomic mass is 16.6. The van der Waals surface area contributed by atoms with Crippen molar-refractivity contribution in [3.63, 3.8) is 0 Å². The van der Waals surface area contributed by atoms with Gasteiger partial charge in [0.15, 0.2) is 11.3 Å². The molecule has 7 nitrogen and oxygen atoms in total. The number of nitrogens with one attached hydrogen (secondary N) is 1. The molecule has 1 saturated heterocycles. The van der Waals surface area contributed by atoms with Crippen LogP contribution in [0.3, 0.4) is 0 Å². The van der Waals surface area contributed by atoms with Gasteiger partial charge in [0, 0.05) is 24.7 Å². The van der Waals surface area contributed by atoms with Crippen molar-refractivity contribution in [1.82, 2.24) is 4.90 Å². The van der Waals surface area contributed by atoms with Crippen LogP contribution in [0.5, 0.6) is 5.75 Å². The topological polar surface area (TPSA) is 88.1 Å². The predicted octanol–water partition coefficient (Wildman–Crippen LogP) is 1.96. The molecular weight excluding hydrogens is 300 g/mol. The Kier molecular flexibility index (Phi) is 4.51. The van der Waals surface area contributed by atoms with Crippen molar-refractivity contribution in [3.8, 4) is 5.75 Å². The molecule has 23 heavy (non-hydrogen) atoms. The average Bonchev–Trinajstić information content (AvgIpc) is 2.61. The fraction of sp³-hybridized carbons (Fsp3) is 0.500. The van der Waals surface area contributed by atoms with Gasteiger partial charge in [-0.3, -0.25) is 9.69 Å².